The van der Waals surface area contributed by atoms with Gasteiger partial charge in [0.1, 0.15) is 5.82 Å². The van der Waals surface area contributed by atoms with Crippen LogP contribution in [0.25, 0.3) is 0 Å². The summed E-state index contributed by atoms with van der Waals surface area (Å²) in [5.74, 6) is 4.28. The topological polar surface area (TPSA) is 55.0 Å². The average molecular weight is 216 g/mol. The number of nitrogens with zero attached hydrogens (tertiary/aromatic N) is 3. The van der Waals surface area contributed by atoms with Crippen LogP contribution >= 0.6 is 0 Å². The lowest BCUT2D eigenvalue weighted by Crippen LogP contribution is -2.27. The van der Waals surface area contributed by atoms with Crippen molar-refractivity contribution in [1.29, 1.82) is 0 Å². The summed E-state index contributed by atoms with van der Waals surface area (Å²) >= 11 is 0. The lowest BCUT2D eigenvalue weighted by Gasteiger charge is -2.20. The van der Waals surface area contributed by atoms with Crippen molar-refractivity contribution in [1.82, 2.24) is 9.97 Å². The molecule has 0 bridgehead atoms. The Hall–Kier alpha value is -1.60. The van der Waals surface area contributed by atoms with E-state index in [9.17, 15) is 0 Å². The Morgan fingerprint density at radius 2 is 2.31 bits per heavy atom. The Kier molecular flexibility index (Phi) is 3.37. The summed E-state index contributed by atoms with van der Waals surface area (Å²) in [6.45, 7) is 1.97. The molecule has 1 aliphatic rings. The van der Waals surface area contributed by atoms with Crippen molar-refractivity contribution in [2.45, 2.75) is 19.4 Å². The largest absolute Gasteiger partial charge is 0.344 e. The second-order valence-electron chi connectivity index (χ2n) is 4.10. The third kappa shape index (κ3) is 2.71. The van der Waals surface area contributed by atoms with Crippen LogP contribution in [0.15, 0.2) is 12.4 Å². The molecule has 1 aromatic heterocycles. The molecule has 4 nitrogen and oxygen atoms in total. The van der Waals surface area contributed by atoms with Crippen LogP contribution in [0, 0.1) is 18.3 Å². The van der Waals surface area contributed by atoms with Crippen molar-refractivity contribution in [3.05, 3.63) is 18.1 Å². The molecular weight excluding hydrogens is 200 g/mol. The van der Waals surface area contributed by atoms with Crippen LogP contribution in [0.4, 0.5) is 5.82 Å². The molecule has 0 aliphatic heterocycles. The van der Waals surface area contributed by atoms with Gasteiger partial charge in [-0.1, -0.05) is 5.92 Å². The average Bonchev–Trinajstić information content (AvgIpc) is 3.12. The quantitative estimate of drug-likeness (QED) is 0.739. The molecule has 2 N–H and O–H groups in total. The fourth-order valence-electron chi connectivity index (χ4n) is 1.61. The molecule has 2 rings (SSSR count). The highest BCUT2D eigenvalue weighted by molar-refractivity contribution is 5.38. The third-order valence-corrected chi connectivity index (χ3v) is 2.66. The van der Waals surface area contributed by atoms with Crippen LogP contribution in [-0.2, 0) is 6.54 Å². The Balaban J connectivity index is 2.12. The summed E-state index contributed by atoms with van der Waals surface area (Å²) in [5, 5.41) is 0. The number of aromatic nitrogens is 2. The van der Waals surface area contributed by atoms with E-state index < -0.39 is 0 Å². The van der Waals surface area contributed by atoms with Crippen molar-refractivity contribution in [3.8, 4) is 12.3 Å². The van der Waals surface area contributed by atoms with Crippen molar-refractivity contribution < 1.29 is 0 Å². The van der Waals surface area contributed by atoms with Crippen molar-refractivity contribution in [2.24, 2.45) is 11.7 Å². The number of terminal acetylenes is 1. The van der Waals surface area contributed by atoms with E-state index in [4.69, 9.17) is 12.2 Å². The SMILES string of the molecule is C#CCN(CC1CC1)c1cncc(CN)n1. The molecule has 1 aliphatic carbocycles. The van der Waals surface area contributed by atoms with E-state index in [2.05, 4.69) is 20.8 Å². The summed E-state index contributed by atoms with van der Waals surface area (Å²) in [7, 11) is 0. The zero-order chi connectivity index (χ0) is 11.4. The zero-order valence-corrected chi connectivity index (χ0v) is 9.26. The van der Waals surface area contributed by atoms with Crippen molar-refractivity contribution in [3.63, 3.8) is 0 Å². The van der Waals surface area contributed by atoms with Gasteiger partial charge in [0.05, 0.1) is 18.4 Å². The molecule has 0 radical (unpaired) electrons. The van der Waals surface area contributed by atoms with Gasteiger partial charge in [-0.05, 0) is 18.8 Å². The Morgan fingerprint density at radius 1 is 1.50 bits per heavy atom. The first-order valence-corrected chi connectivity index (χ1v) is 5.53. The van der Waals surface area contributed by atoms with Crippen LogP contribution in [0.5, 0.6) is 0 Å². The summed E-state index contributed by atoms with van der Waals surface area (Å²) in [6.07, 6.45) is 11.4. The maximum absolute atomic E-state index is 5.55. The fourth-order valence-corrected chi connectivity index (χ4v) is 1.61. The third-order valence-electron chi connectivity index (χ3n) is 2.66. The highest BCUT2D eigenvalue weighted by Gasteiger charge is 2.24. The molecule has 1 heterocycles. The predicted octanol–water partition coefficient (Wildman–Crippen LogP) is 0.785. The monoisotopic (exact) mass is 216 g/mol. The maximum atomic E-state index is 5.55. The second kappa shape index (κ2) is 4.95. The molecule has 0 aromatic carbocycles. The lowest BCUT2D eigenvalue weighted by atomic mass is 10.3. The van der Waals surface area contributed by atoms with Gasteiger partial charge in [-0.25, -0.2) is 4.98 Å². The standard InChI is InChI=1S/C12H16N4/c1-2-5-16(9-10-3-4-10)12-8-14-7-11(6-13)15-12/h1,7-8,10H,3-6,9,13H2. The first-order chi connectivity index (χ1) is 7.83. The number of hydrogen-bond acceptors (Lipinski definition) is 4. The minimum absolute atomic E-state index is 0.411. The lowest BCUT2D eigenvalue weighted by molar-refractivity contribution is 0.748. The Labute approximate surface area is 95.9 Å². The van der Waals surface area contributed by atoms with Crippen LogP contribution in [0.2, 0.25) is 0 Å². The van der Waals surface area contributed by atoms with E-state index in [-0.39, 0.29) is 0 Å². The Morgan fingerprint density at radius 3 is 2.94 bits per heavy atom. The van der Waals surface area contributed by atoms with E-state index in [0.717, 1.165) is 24.0 Å². The van der Waals surface area contributed by atoms with Gasteiger partial charge in [-0.2, -0.15) is 0 Å². The van der Waals surface area contributed by atoms with Gasteiger partial charge in [-0.3, -0.25) is 4.98 Å². The van der Waals surface area contributed by atoms with Gasteiger partial charge in [0.25, 0.3) is 0 Å². The van der Waals surface area contributed by atoms with Crippen LogP contribution < -0.4 is 10.6 Å². The number of rotatable bonds is 5. The molecule has 4 heteroatoms. The normalized spacial score (nSPS) is 14.5. The van der Waals surface area contributed by atoms with E-state index in [1.54, 1.807) is 12.4 Å². The van der Waals surface area contributed by atoms with Gasteiger partial charge in [0, 0.05) is 19.3 Å². The second-order valence-corrected chi connectivity index (χ2v) is 4.10. The van der Waals surface area contributed by atoms with Gasteiger partial charge >= 0.3 is 0 Å². The molecule has 16 heavy (non-hydrogen) atoms. The first-order valence-electron chi connectivity index (χ1n) is 5.53. The summed E-state index contributed by atoms with van der Waals surface area (Å²) in [4.78, 5) is 10.7. The van der Waals surface area contributed by atoms with E-state index in [1.807, 2.05) is 0 Å². The molecule has 1 saturated carbocycles. The first kappa shape index (κ1) is 10.9. The Bertz CT molecular complexity index is 392. The minimum atomic E-state index is 0.411. The van der Waals surface area contributed by atoms with Gasteiger partial charge in [0.15, 0.2) is 0 Å². The fraction of sp³-hybridized carbons (Fsp3) is 0.500. The van der Waals surface area contributed by atoms with Gasteiger partial charge < -0.3 is 10.6 Å². The highest BCUT2D eigenvalue weighted by Crippen LogP contribution is 2.30. The molecule has 84 valence electrons. The van der Waals surface area contributed by atoms with E-state index in [1.165, 1.54) is 12.8 Å². The molecule has 0 unspecified atom stereocenters. The number of nitrogens with two attached hydrogens (primary N) is 1. The molecule has 1 fully saturated rings. The smallest absolute Gasteiger partial charge is 0.148 e. The highest BCUT2D eigenvalue weighted by atomic mass is 15.2. The molecule has 0 atom stereocenters. The van der Waals surface area contributed by atoms with E-state index in [0.29, 0.717) is 13.1 Å². The number of anilines is 1. The van der Waals surface area contributed by atoms with Crippen LogP contribution in [-0.4, -0.2) is 23.1 Å². The van der Waals surface area contributed by atoms with Gasteiger partial charge in [0.2, 0.25) is 0 Å². The zero-order valence-electron chi connectivity index (χ0n) is 9.26. The van der Waals surface area contributed by atoms with Crippen LogP contribution in [0.1, 0.15) is 18.5 Å². The van der Waals surface area contributed by atoms with Crippen molar-refractivity contribution in [2.75, 3.05) is 18.0 Å². The summed E-state index contributed by atoms with van der Waals surface area (Å²) < 4.78 is 0. The minimum Gasteiger partial charge on any atom is -0.344 e. The van der Waals surface area contributed by atoms with E-state index >= 15 is 0 Å². The predicted molar refractivity (Wildman–Crippen MR) is 63.7 cm³/mol. The van der Waals surface area contributed by atoms with Crippen molar-refractivity contribution >= 4 is 5.82 Å². The molecule has 0 amide bonds. The molecule has 0 spiro atoms. The maximum Gasteiger partial charge on any atom is 0.148 e. The molecular formula is C12H16N4. The molecule has 0 saturated heterocycles. The summed E-state index contributed by atoms with van der Waals surface area (Å²) in [5.41, 5.74) is 6.35. The molecule has 1 aromatic rings. The van der Waals surface area contributed by atoms with Crippen LogP contribution in [0.3, 0.4) is 0 Å². The summed E-state index contributed by atoms with van der Waals surface area (Å²) in [6, 6.07) is 0. The number of hydrogen-bond donors (Lipinski definition) is 1. The van der Waals surface area contributed by atoms with Gasteiger partial charge in [-0.15, -0.1) is 6.42 Å².